The number of ether oxygens (including phenoxy) is 3. The topological polar surface area (TPSA) is 125 Å². The smallest absolute Gasteiger partial charge is 0.338 e. The normalized spacial score (nSPS) is 13.3. The van der Waals surface area contributed by atoms with E-state index in [1.807, 2.05) is 0 Å². The molecule has 4 rings (SSSR count). The van der Waals surface area contributed by atoms with Gasteiger partial charge < -0.3 is 19.5 Å². The zero-order chi connectivity index (χ0) is 24.5. The van der Waals surface area contributed by atoms with E-state index in [9.17, 15) is 22.8 Å². The van der Waals surface area contributed by atoms with Crippen LogP contribution in [0.3, 0.4) is 0 Å². The van der Waals surface area contributed by atoms with Gasteiger partial charge in [-0.3, -0.25) is 9.59 Å². The van der Waals surface area contributed by atoms with Crippen LogP contribution in [0.1, 0.15) is 26.3 Å². The van der Waals surface area contributed by atoms with Gasteiger partial charge in [0.15, 0.2) is 23.9 Å². The molecule has 0 unspecified atom stereocenters. The minimum absolute atomic E-state index is 0.0264. The fourth-order valence-electron chi connectivity index (χ4n) is 3.54. The highest BCUT2D eigenvalue weighted by molar-refractivity contribution is 7.91. The highest BCUT2D eigenvalue weighted by Crippen LogP contribution is 2.35. The number of fused-ring (bicyclic) bond motifs is 2. The van der Waals surface area contributed by atoms with Gasteiger partial charge >= 0.3 is 5.97 Å². The Hall–Kier alpha value is -4.18. The van der Waals surface area contributed by atoms with Crippen molar-refractivity contribution in [2.24, 2.45) is 0 Å². The molecule has 174 valence electrons. The molecule has 0 aliphatic carbocycles. The standard InChI is InChI=1S/C24H19NO8S/c1-31-18-10-8-15(12-19(18)32-2)25-22(26)13-33-24(28)14-7-9-17-21(11-14)34(29,30)20-6-4-3-5-16(20)23(17)27/h3-12H,13H2,1-2H3,(H,25,26). The van der Waals surface area contributed by atoms with Crippen molar-refractivity contribution in [2.75, 3.05) is 26.1 Å². The molecule has 3 aromatic carbocycles. The second-order valence-corrected chi connectivity index (χ2v) is 9.12. The van der Waals surface area contributed by atoms with Crippen LogP contribution < -0.4 is 14.8 Å². The van der Waals surface area contributed by atoms with Gasteiger partial charge in [-0.05, 0) is 42.5 Å². The van der Waals surface area contributed by atoms with Crippen LogP contribution in [0.5, 0.6) is 11.5 Å². The van der Waals surface area contributed by atoms with Crippen LogP contribution in [0, 0.1) is 0 Å². The molecule has 0 spiro atoms. The van der Waals surface area contributed by atoms with Gasteiger partial charge in [-0.15, -0.1) is 0 Å². The maximum Gasteiger partial charge on any atom is 0.338 e. The molecule has 0 saturated carbocycles. The molecule has 0 atom stereocenters. The maximum atomic E-state index is 13.0. The first-order valence-corrected chi connectivity index (χ1v) is 11.5. The van der Waals surface area contributed by atoms with Crippen LogP contribution in [0.4, 0.5) is 5.69 Å². The first-order valence-electron chi connectivity index (χ1n) is 9.98. The summed E-state index contributed by atoms with van der Waals surface area (Å²) in [4.78, 5) is 37.0. The predicted molar refractivity (Wildman–Crippen MR) is 120 cm³/mol. The molecular weight excluding hydrogens is 462 g/mol. The Labute approximate surface area is 195 Å². The number of hydrogen-bond acceptors (Lipinski definition) is 8. The van der Waals surface area contributed by atoms with E-state index >= 15 is 0 Å². The highest BCUT2D eigenvalue weighted by Gasteiger charge is 2.35. The Balaban J connectivity index is 1.48. The van der Waals surface area contributed by atoms with Crippen molar-refractivity contribution in [3.63, 3.8) is 0 Å². The quantitative estimate of drug-likeness (QED) is 0.417. The summed E-state index contributed by atoms with van der Waals surface area (Å²) >= 11 is 0. The van der Waals surface area contributed by atoms with Crippen LogP contribution >= 0.6 is 0 Å². The van der Waals surface area contributed by atoms with E-state index in [2.05, 4.69) is 5.32 Å². The largest absolute Gasteiger partial charge is 0.493 e. The number of esters is 1. The van der Waals surface area contributed by atoms with Gasteiger partial charge in [0, 0.05) is 22.9 Å². The molecule has 9 nitrogen and oxygen atoms in total. The molecule has 0 bridgehead atoms. The molecule has 1 aliphatic rings. The van der Waals surface area contributed by atoms with E-state index in [4.69, 9.17) is 14.2 Å². The Bertz CT molecular complexity index is 1430. The number of carbonyl (C=O) groups is 3. The summed E-state index contributed by atoms with van der Waals surface area (Å²) in [5.74, 6) is -1.09. The molecular formula is C24H19NO8S. The lowest BCUT2D eigenvalue weighted by Crippen LogP contribution is -2.22. The zero-order valence-corrected chi connectivity index (χ0v) is 19.0. The maximum absolute atomic E-state index is 13.0. The summed E-state index contributed by atoms with van der Waals surface area (Å²) in [6, 6.07) is 14.3. The number of hydrogen-bond donors (Lipinski definition) is 1. The third kappa shape index (κ3) is 4.11. The summed E-state index contributed by atoms with van der Waals surface area (Å²) in [5, 5.41) is 2.56. The monoisotopic (exact) mass is 481 g/mol. The van der Waals surface area contributed by atoms with Crippen molar-refractivity contribution < 1.29 is 37.0 Å². The predicted octanol–water partition coefficient (Wildman–Crippen LogP) is 2.88. The summed E-state index contributed by atoms with van der Waals surface area (Å²) < 4.78 is 41.3. The number of rotatable bonds is 6. The van der Waals surface area contributed by atoms with Gasteiger partial charge in [-0.2, -0.15) is 0 Å². The highest BCUT2D eigenvalue weighted by atomic mass is 32.2. The van der Waals surface area contributed by atoms with Crippen molar-refractivity contribution in [2.45, 2.75) is 9.79 Å². The number of anilines is 1. The molecule has 1 heterocycles. The zero-order valence-electron chi connectivity index (χ0n) is 18.2. The van der Waals surface area contributed by atoms with Crippen LogP contribution in [-0.2, 0) is 19.4 Å². The third-order valence-corrected chi connectivity index (χ3v) is 7.03. The molecule has 1 amide bonds. The van der Waals surface area contributed by atoms with E-state index in [0.29, 0.717) is 17.2 Å². The van der Waals surface area contributed by atoms with Gasteiger partial charge in [0.05, 0.1) is 29.6 Å². The summed E-state index contributed by atoms with van der Waals surface area (Å²) in [7, 11) is -1.07. The van der Waals surface area contributed by atoms with Crippen molar-refractivity contribution in [3.05, 3.63) is 77.4 Å². The average molecular weight is 481 g/mol. The lowest BCUT2D eigenvalue weighted by atomic mass is 10.0. The van der Waals surface area contributed by atoms with Gasteiger partial charge in [0.2, 0.25) is 9.84 Å². The van der Waals surface area contributed by atoms with Crippen LogP contribution in [-0.4, -0.2) is 46.9 Å². The Morgan fingerprint density at radius 1 is 0.853 bits per heavy atom. The van der Waals surface area contributed by atoms with E-state index in [0.717, 1.165) is 6.07 Å². The van der Waals surface area contributed by atoms with Crippen LogP contribution in [0.25, 0.3) is 0 Å². The fraction of sp³-hybridized carbons (Fsp3) is 0.125. The van der Waals surface area contributed by atoms with E-state index in [1.54, 1.807) is 24.3 Å². The molecule has 1 aliphatic heterocycles. The summed E-state index contributed by atoms with van der Waals surface area (Å²) in [6.45, 7) is -0.612. The minimum atomic E-state index is -4.00. The molecule has 34 heavy (non-hydrogen) atoms. The van der Waals surface area contributed by atoms with E-state index in [1.165, 1.54) is 44.6 Å². The molecule has 10 heteroatoms. The van der Waals surface area contributed by atoms with Gasteiger partial charge in [-0.1, -0.05) is 12.1 Å². The van der Waals surface area contributed by atoms with E-state index in [-0.39, 0.29) is 26.5 Å². The Morgan fingerprint density at radius 2 is 1.56 bits per heavy atom. The van der Waals surface area contributed by atoms with Crippen LogP contribution in [0.2, 0.25) is 0 Å². The number of ketones is 1. The van der Waals surface area contributed by atoms with Crippen molar-refractivity contribution >= 4 is 33.2 Å². The van der Waals surface area contributed by atoms with E-state index < -0.39 is 34.1 Å². The number of carbonyl (C=O) groups excluding carboxylic acids is 3. The molecule has 0 aromatic heterocycles. The van der Waals surface area contributed by atoms with Crippen molar-refractivity contribution in [3.8, 4) is 11.5 Å². The Morgan fingerprint density at radius 3 is 2.29 bits per heavy atom. The lowest BCUT2D eigenvalue weighted by Gasteiger charge is -2.19. The molecule has 3 aromatic rings. The van der Waals surface area contributed by atoms with Crippen molar-refractivity contribution in [1.82, 2.24) is 0 Å². The second kappa shape index (κ2) is 8.99. The van der Waals surface area contributed by atoms with Gasteiger partial charge in [0.1, 0.15) is 0 Å². The summed E-state index contributed by atoms with van der Waals surface area (Å²) in [6.07, 6.45) is 0. The molecule has 0 radical (unpaired) electrons. The first-order chi connectivity index (χ1) is 16.3. The molecule has 0 fully saturated rings. The van der Waals surface area contributed by atoms with Gasteiger partial charge in [0.25, 0.3) is 5.91 Å². The fourth-order valence-corrected chi connectivity index (χ4v) is 5.21. The lowest BCUT2D eigenvalue weighted by molar-refractivity contribution is -0.119. The number of amides is 1. The van der Waals surface area contributed by atoms with Gasteiger partial charge in [-0.25, -0.2) is 13.2 Å². The number of benzene rings is 3. The SMILES string of the molecule is COc1ccc(NC(=O)COC(=O)c2ccc3c(c2)S(=O)(=O)c2ccccc2C3=O)cc1OC. The number of sulfone groups is 1. The second-order valence-electron chi connectivity index (χ2n) is 7.23. The summed E-state index contributed by atoms with van der Waals surface area (Å²) in [5.41, 5.74) is 0.350. The minimum Gasteiger partial charge on any atom is -0.493 e. The first kappa shape index (κ1) is 23.0. The third-order valence-electron chi connectivity index (χ3n) is 5.17. The Kier molecular flexibility index (Phi) is 6.08. The van der Waals surface area contributed by atoms with Crippen LogP contribution in [0.15, 0.2) is 70.5 Å². The van der Waals surface area contributed by atoms with Crippen molar-refractivity contribution in [1.29, 1.82) is 0 Å². The number of methoxy groups -OCH3 is 2. The molecule has 0 saturated heterocycles. The average Bonchev–Trinajstić information content (AvgIpc) is 2.85. The molecule has 1 N–H and O–H groups in total. The number of nitrogens with one attached hydrogen (secondary N) is 1.